The van der Waals surface area contributed by atoms with Gasteiger partial charge >= 0.3 is 5.97 Å². The Morgan fingerprint density at radius 2 is 2.11 bits per heavy atom. The number of rotatable bonds is 5. The van der Waals surface area contributed by atoms with Gasteiger partial charge < -0.3 is 15.5 Å². The Kier molecular flexibility index (Phi) is 3.85. The van der Waals surface area contributed by atoms with Crippen LogP contribution in [0.4, 0.5) is 0 Å². The largest absolute Gasteiger partial charge is 0.465 e. The third-order valence-electron chi connectivity index (χ3n) is 3.01. The van der Waals surface area contributed by atoms with Crippen LogP contribution >= 0.6 is 0 Å². The highest BCUT2D eigenvalue weighted by Crippen LogP contribution is 2.21. The van der Waals surface area contributed by atoms with E-state index in [-0.39, 0.29) is 13.0 Å². The molecule has 2 rings (SSSR count). The van der Waals surface area contributed by atoms with Crippen LogP contribution in [-0.4, -0.2) is 23.5 Å². The van der Waals surface area contributed by atoms with Crippen molar-refractivity contribution in [2.24, 2.45) is 11.7 Å². The topological polar surface area (TPSA) is 85.2 Å². The monoisotopic (exact) mass is 260 g/mol. The van der Waals surface area contributed by atoms with Crippen molar-refractivity contribution in [2.75, 3.05) is 6.61 Å². The average Bonchev–Trinajstić information content (AvgIpc) is 2.79. The Morgan fingerprint density at radius 1 is 1.37 bits per heavy atom. The summed E-state index contributed by atoms with van der Waals surface area (Å²) in [5, 5.41) is 0.984. The number of aromatic nitrogens is 1. The first-order valence-corrected chi connectivity index (χ1v) is 6.14. The van der Waals surface area contributed by atoms with E-state index in [0.29, 0.717) is 0 Å². The number of primary amides is 1. The molecule has 1 unspecified atom stereocenters. The second kappa shape index (κ2) is 5.56. The molecule has 0 aliphatic carbocycles. The molecule has 0 aliphatic heterocycles. The van der Waals surface area contributed by atoms with Crippen LogP contribution in [0, 0.1) is 5.92 Å². The molecule has 0 saturated carbocycles. The Balaban J connectivity index is 2.26. The number of esters is 1. The van der Waals surface area contributed by atoms with Gasteiger partial charge in [0.2, 0.25) is 5.91 Å². The molecule has 0 fully saturated rings. The smallest absolute Gasteiger partial charge is 0.318 e. The van der Waals surface area contributed by atoms with Gasteiger partial charge in [0.05, 0.1) is 6.61 Å². The lowest BCUT2D eigenvalue weighted by molar-refractivity contribution is -0.151. The van der Waals surface area contributed by atoms with Gasteiger partial charge in [-0.25, -0.2) is 0 Å². The highest BCUT2D eigenvalue weighted by Gasteiger charge is 2.27. The van der Waals surface area contributed by atoms with E-state index in [2.05, 4.69) is 4.98 Å². The standard InChI is InChI=1S/C14H16N2O3/c1-2-19-14(18)11(13(15)17)7-9-8-16-12-6-4-3-5-10(9)12/h3-6,8,11,16H,2,7H2,1H3,(H2,15,17). The first-order valence-electron chi connectivity index (χ1n) is 6.14. The molecule has 1 aromatic heterocycles. The van der Waals surface area contributed by atoms with Crippen LogP contribution in [0.25, 0.3) is 10.9 Å². The molecule has 2 aromatic rings. The number of hydrogen-bond acceptors (Lipinski definition) is 3. The molecule has 0 saturated heterocycles. The highest BCUT2D eigenvalue weighted by atomic mass is 16.5. The van der Waals surface area contributed by atoms with E-state index < -0.39 is 17.8 Å². The molecule has 5 nitrogen and oxygen atoms in total. The zero-order chi connectivity index (χ0) is 13.8. The van der Waals surface area contributed by atoms with Crippen molar-refractivity contribution in [3.05, 3.63) is 36.0 Å². The van der Waals surface area contributed by atoms with Gasteiger partial charge in [0.25, 0.3) is 0 Å². The van der Waals surface area contributed by atoms with Gasteiger partial charge in [-0.05, 0) is 25.0 Å². The number of ether oxygens (including phenoxy) is 1. The summed E-state index contributed by atoms with van der Waals surface area (Å²) >= 11 is 0. The molecule has 5 heteroatoms. The number of benzene rings is 1. The third-order valence-corrected chi connectivity index (χ3v) is 3.01. The van der Waals surface area contributed by atoms with Crippen molar-refractivity contribution in [2.45, 2.75) is 13.3 Å². The number of carbonyl (C=O) groups is 2. The fraction of sp³-hybridized carbons (Fsp3) is 0.286. The lowest BCUT2D eigenvalue weighted by Crippen LogP contribution is -2.33. The Morgan fingerprint density at radius 3 is 2.79 bits per heavy atom. The lowest BCUT2D eigenvalue weighted by Gasteiger charge is -2.11. The minimum Gasteiger partial charge on any atom is -0.465 e. The molecule has 0 radical (unpaired) electrons. The molecule has 0 spiro atoms. The maximum absolute atomic E-state index is 11.7. The number of amides is 1. The predicted octanol–water partition coefficient (Wildman–Crippen LogP) is 1.38. The molecular weight excluding hydrogens is 244 g/mol. The summed E-state index contributed by atoms with van der Waals surface area (Å²) in [5.41, 5.74) is 7.12. The number of para-hydroxylation sites is 1. The number of hydrogen-bond donors (Lipinski definition) is 2. The Labute approximate surface area is 110 Å². The number of fused-ring (bicyclic) bond motifs is 1. The minimum atomic E-state index is -0.945. The number of carbonyl (C=O) groups excluding carboxylic acids is 2. The third kappa shape index (κ3) is 2.76. The van der Waals surface area contributed by atoms with E-state index in [1.165, 1.54) is 0 Å². The van der Waals surface area contributed by atoms with E-state index in [1.54, 1.807) is 13.1 Å². The van der Waals surface area contributed by atoms with Crippen LogP contribution < -0.4 is 5.73 Å². The van der Waals surface area contributed by atoms with E-state index in [1.807, 2.05) is 24.3 Å². The summed E-state index contributed by atoms with van der Waals surface area (Å²) in [4.78, 5) is 26.2. The van der Waals surface area contributed by atoms with E-state index in [4.69, 9.17) is 10.5 Å². The number of aromatic amines is 1. The number of nitrogens with one attached hydrogen (secondary N) is 1. The van der Waals surface area contributed by atoms with Crippen LogP contribution in [0.15, 0.2) is 30.5 Å². The van der Waals surface area contributed by atoms with E-state index in [0.717, 1.165) is 16.5 Å². The first kappa shape index (κ1) is 13.1. The number of nitrogens with two attached hydrogens (primary N) is 1. The van der Waals surface area contributed by atoms with Gasteiger partial charge in [-0.3, -0.25) is 9.59 Å². The molecule has 1 aromatic carbocycles. The Hall–Kier alpha value is -2.30. The molecule has 100 valence electrons. The van der Waals surface area contributed by atoms with Crippen molar-refractivity contribution in [1.82, 2.24) is 4.98 Å². The molecular formula is C14H16N2O3. The van der Waals surface area contributed by atoms with E-state index in [9.17, 15) is 9.59 Å². The fourth-order valence-electron chi connectivity index (χ4n) is 2.06. The molecule has 1 amide bonds. The van der Waals surface area contributed by atoms with Crippen LogP contribution in [0.1, 0.15) is 12.5 Å². The summed E-state index contributed by atoms with van der Waals surface area (Å²) in [7, 11) is 0. The lowest BCUT2D eigenvalue weighted by atomic mass is 9.98. The van der Waals surface area contributed by atoms with Gasteiger partial charge in [-0.1, -0.05) is 18.2 Å². The van der Waals surface area contributed by atoms with Crippen molar-refractivity contribution in [3.8, 4) is 0 Å². The average molecular weight is 260 g/mol. The first-order chi connectivity index (χ1) is 9.13. The molecule has 0 bridgehead atoms. The van der Waals surface area contributed by atoms with Crippen LogP contribution in [-0.2, 0) is 20.7 Å². The quantitative estimate of drug-likeness (QED) is 0.629. The zero-order valence-corrected chi connectivity index (χ0v) is 10.7. The van der Waals surface area contributed by atoms with Crippen LogP contribution in [0.2, 0.25) is 0 Å². The summed E-state index contributed by atoms with van der Waals surface area (Å²) < 4.78 is 4.88. The van der Waals surface area contributed by atoms with Crippen molar-refractivity contribution < 1.29 is 14.3 Å². The molecule has 3 N–H and O–H groups in total. The maximum atomic E-state index is 11.7. The van der Waals surface area contributed by atoms with Crippen molar-refractivity contribution in [1.29, 1.82) is 0 Å². The SMILES string of the molecule is CCOC(=O)C(Cc1c[nH]c2ccccc12)C(N)=O. The van der Waals surface area contributed by atoms with Gasteiger partial charge in [0.15, 0.2) is 0 Å². The molecule has 19 heavy (non-hydrogen) atoms. The van der Waals surface area contributed by atoms with Crippen molar-refractivity contribution >= 4 is 22.8 Å². The van der Waals surface area contributed by atoms with Crippen LogP contribution in [0.5, 0.6) is 0 Å². The summed E-state index contributed by atoms with van der Waals surface area (Å²) in [6.45, 7) is 1.93. The Bertz CT molecular complexity index is 604. The molecule has 0 aliphatic rings. The summed E-state index contributed by atoms with van der Waals surface area (Å²) in [6.07, 6.45) is 2.04. The fourth-order valence-corrected chi connectivity index (χ4v) is 2.06. The van der Waals surface area contributed by atoms with Crippen molar-refractivity contribution in [3.63, 3.8) is 0 Å². The van der Waals surface area contributed by atoms with Crippen LogP contribution in [0.3, 0.4) is 0 Å². The second-order valence-electron chi connectivity index (χ2n) is 4.27. The molecule has 1 atom stereocenters. The second-order valence-corrected chi connectivity index (χ2v) is 4.27. The van der Waals surface area contributed by atoms with E-state index >= 15 is 0 Å². The van der Waals surface area contributed by atoms with Gasteiger partial charge in [0, 0.05) is 17.1 Å². The van der Waals surface area contributed by atoms with Gasteiger partial charge in [-0.2, -0.15) is 0 Å². The normalized spacial score (nSPS) is 12.3. The zero-order valence-electron chi connectivity index (χ0n) is 10.7. The van der Waals surface area contributed by atoms with Gasteiger partial charge in [0.1, 0.15) is 5.92 Å². The van der Waals surface area contributed by atoms with Gasteiger partial charge in [-0.15, -0.1) is 0 Å². The molecule has 1 heterocycles. The highest BCUT2D eigenvalue weighted by molar-refractivity contribution is 5.98. The maximum Gasteiger partial charge on any atom is 0.318 e. The minimum absolute atomic E-state index is 0.233. The summed E-state index contributed by atoms with van der Waals surface area (Å²) in [5.74, 6) is -2.18. The predicted molar refractivity (Wildman–Crippen MR) is 71.3 cm³/mol. The summed E-state index contributed by atoms with van der Waals surface area (Å²) in [6, 6.07) is 7.69. The number of H-pyrrole nitrogens is 1.